The number of anilines is 1. The number of hydrogen-bond acceptors (Lipinski definition) is 4. The number of nitro groups is 1. The Morgan fingerprint density at radius 1 is 1.29 bits per heavy atom. The molecule has 0 aliphatic rings. The van der Waals surface area contributed by atoms with E-state index in [2.05, 4.69) is 5.32 Å². The molecule has 0 saturated carbocycles. The van der Waals surface area contributed by atoms with Gasteiger partial charge in [0.2, 0.25) is 0 Å². The van der Waals surface area contributed by atoms with Crippen molar-refractivity contribution in [2.75, 3.05) is 5.32 Å². The second kappa shape index (κ2) is 5.92. The number of rotatable bonds is 4. The van der Waals surface area contributed by atoms with Crippen LogP contribution in [0, 0.1) is 13.9 Å². The van der Waals surface area contributed by atoms with Gasteiger partial charge in [-0.05, 0) is 46.9 Å². The van der Waals surface area contributed by atoms with Gasteiger partial charge in [-0.3, -0.25) is 10.1 Å². The highest BCUT2D eigenvalue weighted by Gasteiger charge is 2.33. The average Bonchev–Trinajstić information content (AvgIpc) is 2.80. The van der Waals surface area contributed by atoms with Crippen LogP contribution in [0.4, 0.5) is 24.5 Å². The van der Waals surface area contributed by atoms with Crippen LogP contribution >= 0.6 is 22.6 Å². The summed E-state index contributed by atoms with van der Waals surface area (Å²) in [5.74, 6) is 0.522. The van der Waals surface area contributed by atoms with Gasteiger partial charge in [-0.1, -0.05) is 0 Å². The number of halogens is 4. The highest BCUT2D eigenvalue weighted by molar-refractivity contribution is 14.1. The van der Waals surface area contributed by atoms with Gasteiger partial charge in [0, 0.05) is 6.07 Å². The highest BCUT2D eigenvalue weighted by atomic mass is 127. The Bertz CT molecular complexity index is 670. The molecule has 0 aliphatic carbocycles. The van der Waals surface area contributed by atoms with Crippen LogP contribution in [-0.4, -0.2) is 4.92 Å². The lowest BCUT2D eigenvalue weighted by Crippen LogP contribution is -2.08. The van der Waals surface area contributed by atoms with E-state index in [9.17, 15) is 23.3 Å². The molecule has 0 bridgehead atoms. The van der Waals surface area contributed by atoms with Crippen molar-refractivity contribution in [1.82, 2.24) is 0 Å². The molecule has 0 amide bonds. The molecule has 1 heterocycles. The van der Waals surface area contributed by atoms with Gasteiger partial charge in [-0.15, -0.1) is 0 Å². The van der Waals surface area contributed by atoms with E-state index in [4.69, 9.17) is 4.42 Å². The van der Waals surface area contributed by atoms with Gasteiger partial charge in [0.25, 0.3) is 5.69 Å². The van der Waals surface area contributed by atoms with Crippen LogP contribution in [0.25, 0.3) is 0 Å². The molecule has 0 spiro atoms. The van der Waals surface area contributed by atoms with E-state index in [-0.39, 0.29) is 12.2 Å². The fourth-order valence-electron chi connectivity index (χ4n) is 1.64. The Kier molecular flexibility index (Phi) is 4.40. The Balaban J connectivity index is 2.24. The first-order valence-electron chi connectivity index (χ1n) is 5.61. The molecule has 2 aromatic rings. The van der Waals surface area contributed by atoms with Crippen LogP contribution in [-0.2, 0) is 12.7 Å². The third kappa shape index (κ3) is 3.86. The van der Waals surface area contributed by atoms with Crippen molar-refractivity contribution in [3.63, 3.8) is 0 Å². The van der Waals surface area contributed by atoms with E-state index >= 15 is 0 Å². The zero-order valence-electron chi connectivity index (χ0n) is 10.3. The van der Waals surface area contributed by atoms with Crippen LogP contribution in [0.1, 0.15) is 11.3 Å². The van der Waals surface area contributed by atoms with Crippen molar-refractivity contribution >= 4 is 34.0 Å². The summed E-state index contributed by atoms with van der Waals surface area (Å²) in [7, 11) is 0. The third-order valence-electron chi connectivity index (χ3n) is 2.60. The Morgan fingerprint density at radius 3 is 2.52 bits per heavy atom. The molecule has 0 radical (unpaired) electrons. The maximum atomic E-state index is 12.6. The second-order valence-electron chi connectivity index (χ2n) is 4.05. The fourth-order valence-corrected chi connectivity index (χ4v) is 2.10. The number of nitrogens with zero attached hydrogens (tertiary/aromatic N) is 1. The van der Waals surface area contributed by atoms with Crippen LogP contribution in [0.2, 0.25) is 0 Å². The average molecular weight is 412 g/mol. The Hall–Kier alpha value is -1.78. The minimum Gasteiger partial charge on any atom is -0.454 e. The first-order chi connectivity index (χ1) is 9.77. The largest absolute Gasteiger partial charge is 0.454 e. The van der Waals surface area contributed by atoms with Crippen LogP contribution in [0.5, 0.6) is 0 Å². The van der Waals surface area contributed by atoms with E-state index in [0.29, 0.717) is 15.6 Å². The molecule has 1 aromatic carbocycles. The van der Waals surface area contributed by atoms with Gasteiger partial charge in [0.05, 0.1) is 17.0 Å². The fraction of sp³-hybridized carbons (Fsp3) is 0.167. The summed E-state index contributed by atoms with van der Waals surface area (Å²) in [4.78, 5) is 10.0. The minimum atomic E-state index is -4.62. The summed E-state index contributed by atoms with van der Waals surface area (Å²) in [5, 5.41) is 13.6. The predicted molar refractivity (Wildman–Crippen MR) is 76.9 cm³/mol. The molecule has 5 nitrogen and oxygen atoms in total. The summed E-state index contributed by atoms with van der Waals surface area (Å²) >= 11 is 1.96. The summed E-state index contributed by atoms with van der Waals surface area (Å²) in [6, 6.07) is 5.72. The number of benzene rings is 1. The summed E-state index contributed by atoms with van der Waals surface area (Å²) in [6.07, 6.45) is -4.62. The molecule has 0 aliphatic heterocycles. The highest BCUT2D eigenvalue weighted by Crippen LogP contribution is 2.35. The minimum absolute atomic E-state index is 0.000548. The van der Waals surface area contributed by atoms with Crippen molar-refractivity contribution in [2.24, 2.45) is 0 Å². The van der Waals surface area contributed by atoms with Crippen molar-refractivity contribution in [3.05, 3.63) is 55.5 Å². The molecule has 1 N–H and O–H groups in total. The van der Waals surface area contributed by atoms with Crippen LogP contribution < -0.4 is 5.32 Å². The summed E-state index contributed by atoms with van der Waals surface area (Å²) in [6.45, 7) is 0.134. The van der Waals surface area contributed by atoms with E-state index in [0.717, 1.165) is 12.1 Å². The third-order valence-corrected chi connectivity index (χ3v) is 3.18. The van der Waals surface area contributed by atoms with Gasteiger partial charge >= 0.3 is 6.18 Å². The quantitative estimate of drug-likeness (QED) is 0.459. The number of nitrogens with one attached hydrogen (secondary N) is 1. The molecule has 0 saturated heterocycles. The van der Waals surface area contributed by atoms with Gasteiger partial charge in [-0.2, -0.15) is 13.2 Å². The molecule has 2 rings (SSSR count). The van der Waals surface area contributed by atoms with Crippen LogP contribution in [0.3, 0.4) is 0 Å². The zero-order valence-corrected chi connectivity index (χ0v) is 12.4. The number of alkyl halides is 3. The maximum absolute atomic E-state index is 12.6. The molecule has 112 valence electrons. The smallest absolute Gasteiger partial charge is 0.416 e. The number of hydrogen-bond donors (Lipinski definition) is 1. The Morgan fingerprint density at radius 2 is 2.00 bits per heavy atom. The second-order valence-corrected chi connectivity index (χ2v) is 5.11. The number of furan rings is 1. The lowest BCUT2D eigenvalue weighted by Gasteiger charge is -2.09. The molecule has 0 unspecified atom stereocenters. The first-order valence-corrected chi connectivity index (χ1v) is 6.69. The normalized spacial score (nSPS) is 11.4. The van der Waals surface area contributed by atoms with Gasteiger partial charge in [0.15, 0.2) is 3.77 Å². The molecular formula is C12H8F3IN2O3. The molecule has 21 heavy (non-hydrogen) atoms. The molecule has 1 aromatic heterocycles. The van der Waals surface area contributed by atoms with Gasteiger partial charge < -0.3 is 9.73 Å². The molecular weight excluding hydrogens is 404 g/mol. The van der Waals surface area contributed by atoms with Gasteiger partial charge in [-0.25, -0.2) is 0 Å². The monoisotopic (exact) mass is 412 g/mol. The molecule has 9 heteroatoms. The number of nitro benzene ring substituents is 1. The van der Waals surface area contributed by atoms with E-state index in [1.807, 2.05) is 22.6 Å². The molecule has 0 atom stereocenters. The Labute approximate surface area is 130 Å². The van der Waals surface area contributed by atoms with E-state index in [1.165, 1.54) is 0 Å². The summed E-state index contributed by atoms with van der Waals surface area (Å²) < 4.78 is 43.6. The first kappa shape index (κ1) is 15.6. The summed E-state index contributed by atoms with van der Waals surface area (Å²) in [5.41, 5.74) is -1.70. The molecule has 0 fully saturated rings. The SMILES string of the molecule is O=[N+]([O-])c1cc(C(F)(F)F)ccc1NCc1ccc(I)o1. The predicted octanol–water partition coefficient (Wildman–Crippen LogP) is 4.42. The topological polar surface area (TPSA) is 68.3 Å². The zero-order chi connectivity index (χ0) is 15.6. The van der Waals surface area contributed by atoms with Crippen molar-refractivity contribution < 1.29 is 22.5 Å². The van der Waals surface area contributed by atoms with Crippen molar-refractivity contribution in [1.29, 1.82) is 0 Å². The lowest BCUT2D eigenvalue weighted by molar-refractivity contribution is -0.384. The van der Waals surface area contributed by atoms with E-state index in [1.54, 1.807) is 12.1 Å². The maximum Gasteiger partial charge on any atom is 0.416 e. The van der Waals surface area contributed by atoms with Crippen LogP contribution in [0.15, 0.2) is 34.7 Å². The van der Waals surface area contributed by atoms with E-state index < -0.39 is 22.4 Å². The van der Waals surface area contributed by atoms with Crippen molar-refractivity contribution in [2.45, 2.75) is 12.7 Å². The van der Waals surface area contributed by atoms with Gasteiger partial charge in [0.1, 0.15) is 11.4 Å². The standard InChI is InChI=1S/C12H8F3IN2O3/c13-12(14,15)7-1-3-9(10(5-7)18(19)20)17-6-8-2-4-11(16)21-8/h1-5,17H,6H2. The van der Waals surface area contributed by atoms with Crippen molar-refractivity contribution in [3.8, 4) is 0 Å². The lowest BCUT2D eigenvalue weighted by atomic mass is 10.1.